The molecule has 3 rings (SSSR count). The van der Waals surface area contributed by atoms with Gasteiger partial charge in [0.1, 0.15) is 0 Å². The van der Waals surface area contributed by atoms with Crippen LogP contribution in [0.2, 0.25) is 0 Å². The maximum atomic E-state index is 11.0. The molecule has 0 unspecified atom stereocenters. The van der Waals surface area contributed by atoms with Crippen LogP contribution in [0.25, 0.3) is 17.0 Å². The first-order chi connectivity index (χ1) is 10.8. The van der Waals surface area contributed by atoms with Gasteiger partial charge in [0.05, 0.1) is 0 Å². The Morgan fingerprint density at radius 2 is 2.05 bits per heavy atom. The van der Waals surface area contributed by atoms with Gasteiger partial charge in [0.25, 0.3) is 5.91 Å². The molecular formula is C17H21N3O2. The van der Waals surface area contributed by atoms with Crippen LogP contribution in [0, 0.1) is 0 Å². The molecule has 1 fully saturated rings. The first-order valence-corrected chi connectivity index (χ1v) is 7.70. The monoisotopic (exact) mass is 299 g/mol. The minimum atomic E-state index is -0.525. The third-order valence-electron chi connectivity index (χ3n) is 4.19. The second-order valence-corrected chi connectivity index (χ2v) is 5.69. The highest BCUT2D eigenvalue weighted by atomic mass is 16.5. The van der Waals surface area contributed by atoms with Gasteiger partial charge in [-0.2, -0.15) is 0 Å². The summed E-state index contributed by atoms with van der Waals surface area (Å²) < 4.78 is 2.28. The van der Waals surface area contributed by atoms with E-state index in [-0.39, 0.29) is 0 Å². The Kier molecular flexibility index (Phi) is 4.56. The van der Waals surface area contributed by atoms with Crippen LogP contribution in [0.1, 0.15) is 18.4 Å². The van der Waals surface area contributed by atoms with Gasteiger partial charge in [0.2, 0.25) is 0 Å². The lowest BCUT2D eigenvalue weighted by atomic mass is 10.1. The molecule has 2 N–H and O–H groups in total. The highest BCUT2D eigenvalue weighted by molar-refractivity contribution is 5.92. The van der Waals surface area contributed by atoms with E-state index in [2.05, 4.69) is 27.8 Å². The summed E-state index contributed by atoms with van der Waals surface area (Å²) in [6, 6.07) is 8.21. The molecule has 1 saturated heterocycles. The van der Waals surface area contributed by atoms with E-state index in [0.717, 1.165) is 24.0 Å². The molecule has 22 heavy (non-hydrogen) atoms. The number of rotatable bonds is 5. The molecule has 0 atom stereocenters. The number of likely N-dealkylation sites (tertiary alicyclic amines) is 1. The lowest BCUT2D eigenvalue weighted by Crippen LogP contribution is -2.23. The van der Waals surface area contributed by atoms with Gasteiger partial charge in [-0.25, -0.2) is 5.48 Å². The minimum Gasteiger partial charge on any atom is -0.346 e. The normalized spacial score (nSPS) is 15.9. The highest BCUT2D eigenvalue weighted by Gasteiger charge is 2.11. The molecule has 5 nitrogen and oxygen atoms in total. The number of fused-ring (bicyclic) bond motifs is 1. The van der Waals surface area contributed by atoms with E-state index in [9.17, 15) is 4.79 Å². The average molecular weight is 299 g/mol. The van der Waals surface area contributed by atoms with Gasteiger partial charge in [-0.15, -0.1) is 0 Å². The fraction of sp³-hybridized carbons (Fsp3) is 0.353. The van der Waals surface area contributed by atoms with Crippen molar-refractivity contribution in [1.29, 1.82) is 0 Å². The SMILES string of the molecule is O=C(/C=C/c1ccc2c(ccn2CCN2CCCC2)c1)NO. The van der Waals surface area contributed by atoms with Gasteiger partial charge in [-0.3, -0.25) is 10.0 Å². The van der Waals surface area contributed by atoms with Gasteiger partial charge < -0.3 is 9.47 Å². The van der Waals surface area contributed by atoms with Crippen LogP contribution in [-0.4, -0.2) is 40.2 Å². The van der Waals surface area contributed by atoms with Crippen molar-refractivity contribution in [2.75, 3.05) is 19.6 Å². The number of hydrogen-bond acceptors (Lipinski definition) is 3. The van der Waals surface area contributed by atoms with Gasteiger partial charge in [0, 0.05) is 36.3 Å². The molecule has 116 valence electrons. The number of hydroxylamine groups is 1. The van der Waals surface area contributed by atoms with Crippen LogP contribution in [0.4, 0.5) is 0 Å². The minimum absolute atomic E-state index is 0.525. The van der Waals surface area contributed by atoms with Crippen molar-refractivity contribution in [3.8, 4) is 0 Å². The number of benzene rings is 1. The fourth-order valence-electron chi connectivity index (χ4n) is 2.98. The van der Waals surface area contributed by atoms with E-state index in [1.165, 1.54) is 37.5 Å². The number of nitrogens with zero attached hydrogens (tertiary/aromatic N) is 2. The zero-order valence-corrected chi connectivity index (χ0v) is 12.5. The van der Waals surface area contributed by atoms with E-state index in [4.69, 9.17) is 5.21 Å². The summed E-state index contributed by atoms with van der Waals surface area (Å²) in [5, 5.41) is 9.64. The molecule has 0 aliphatic carbocycles. The Morgan fingerprint density at radius 3 is 2.82 bits per heavy atom. The lowest BCUT2D eigenvalue weighted by Gasteiger charge is -2.15. The number of nitrogens with one attached hydrogen (secondary N) is 1. The predicted molar refractivity (Wildman–Crippen MR) is 86.6 cm³/mol. The van der Waals surface area contributed by atoms with Crippen molar-refractivity contribution in [1.82, 2.24) is 14.9 Å². The third kappa shape index (κ3) is 3.37. The number of hydrogen-bond donors (Lipinski definition) is 2. The Labute approximate surface area is 129 Å². The molecule has 2 heterocycles. The van der Waals surface area contributed by atoms with Crippen molar-refractivity contribution in [3.05, 3.63) is 42.1 Å². The summed E-state index contributed by atoms with van der Waals surface area (Å²) in [4.78, 5) is 13.5. The average Bonchev–Trinajstić information content (AvgIpc) is 3.19. The van der Waals surface area contributed by atoms with Crippen molar-refractivity contribution >= 4 is 22.9 Å². The molecule has 5 heteroatoms. The zero-order valence-electron chi connectivity index (χ0n) is 12.5. The van der Waals surface area contributed by atoms with Crippen molar-refractivity contribution in [2.45, 2.75) is 19.4 Å². The molecule has 1 aromatic carbocycles. The van der Waals surface area contributed by atoms with E-state index >= 15 is 0 Å². The van der Waals surface area contributed by atoms with Gasteiger partial charge in [-0.1, -0.05) is 6.07 Å². The van der Waals surface area contributed by atoms with Gasteiger partial charge in [0.15, 0.2) is 0 Å². The van der Waals surface area contributed by atoms with Gasteiger partial charge in [-0.05, 0) is 55.8 Å². The number of amides is 1. The van der Waals surface area contributed by atoms with Crippen molar-refractivity contribution < 1.29 is 10.0 Å². The summed E-state index contributed by atoms with van der Waals surface area (Å²) in [5.74, 6) is -0.525. The number of carbonyl (C=O) groups excluding carboxylic acids is 1. The summed E-state index contributed by atoms with van der Waals surface area (Å²) in [5.41, 5.74) is 3.73. The molecule has 1 aliphatic rings. The molecule has 0 saturated carbocycles. The number of carbonyl (C=O) groups is 1. The third-order valence-corrected chi connectivity index (χ3v) is 4.19. The summed E-state index contributed by atoms with van der Waals surface area (Å²) >= 11 is 0. The van der Waals surface area contributed by atoms with Crippen LogP contribution >= 0.6 is 0 Å². The topological polar surface area (TPSA) is 57.5 Å². The Morgan fingerprint density at radius 1 is 1.23 bits per heavy atom. The maximum absolute atomic E-state index is 11.0. The fourth-order valence-corrected chi connectivity index (χ4v) is 2.98. The molecule has 1 aromatic heterocycles. The Bertz CT molecular complexity index is 684. The van der Waals surface area contributed by atoms with E-state index in [1.807, 2.05) is 12.1 Å². The van der Waals surface area contributed by atoms with Crippen LogP contribution in [0.3, 0.4) is 0 Å². The van der Waals surface area contributed by atoms with Crippen LogP contribution < -0.4 is 5.48 Å². The van der Waals surface area contributed by atoms with Crippen LogP contribution in [0.5, 0.6) is 0 Å². The smallest absolute Gasteiger partial charge is 0.267 e. The van der Waals surface area contributed by atoms with Crippen molar-refractivity contribution in [3.63, 3.8) is 0 Å². The van der Waals surface area contributed by atoms with Crippen molar-refractivity contribution in [2.24, 2.45) is 0 Å². The zero-order chi connectivity index (χ0) is 15.4. The first kappa shape index (κ1) is 14.8. The van der Waals surface area contributed by atoms with E-state index < -0.39 is 5.91 Å². The standard InChI is InChI=1S/C17H21N3O2/c21-17(18-22)6-4-14-3-5-16-15(13-14)7-10-20(16)12-11-19-8-1-2-9-19/h3-7,10,13,22H,1-2,8-9,11-12H2,(H,18,21)/b6-4+. The van der Waals surface area contributed by atoms with E-state index in [0.29, 0.717) is 0 Å². The van der Waals surface area contributed by atoms with Gasteiger partial charge >= 0.3 is 0 Å². The highest BCUT2D eigenvalue weighted by Crippen LogP contribution is 2.19. The van der Waals surface area contributed by atoms with E-state index in [1.54, 1.807) is 11.6 Å². The second-order valence-electron chi connectivity index (χ2n) is 5.69. The quantitative estimate of drug-likeness (QED) is 0.506. The molecule has 0 spiro atoms. The summed E-state index contributed by atoms with van der Waals surface area (Å²) in [6.45, 7) is 4.55. The van der Waals surface area contributed by atoms with Crippen LogP contribution in [-0.2, 0) is 11.3 Å². The first-order valence-electron chi connectivity index (χ1n) is 7.70. The largest absolute Gasteiger partial charge is 0.346 e. The lowest BCUT2D eigenvalue weighted by molar-refractivity contribution is -0.124. The molecule has 1 amide bonds. The Hall–Kier alpha value is -2.11. The molecule has 0 bridgehead atoms. The summed E-state index contributed by atoms with van der Waals surface area (Å²) in [6.07, 6.45) is 7.76. The molecule has 2 aromatic rings. The number of aromatic nitrogens is 1. The van der Waals surface area contributed by atoms with Crippen LogP contribution in [0.15, 0.2) is 36.5 Å². The predicted octanol–water partition coefficient (Wildman–Crippen LogP) is 2.26. The maximum Gasteiger partial charge on any atom is 0.267 e. The Balaban J connectivity index is 1.71. The molecule has 0 radical (unpaired) electrons. The second kappa shape index (κ2) is 6.77. The summed E-state index contributed by atoms with van der Waals surface area (Å²) in [7, 11) is 0. The molecule has 1 aliphatic heterocycles. The molecular weight excluding hydrogens is 278 g/mol.